The Morgan fingerprint density at radius 3 is 2.12 bits per heavy atom. The molecule has 0 bridgehead atoms. The molecule has 10 atom stereocenters. The third-order valence-corrected chi connectivity index (χ3v) is 16.5. The van der Waals surface area contributed by atoms with Gasteiger partial charge in [-0.15, -0.1) is 12.3 Å². The molecule has 5 rings (SSSR count). The van der Waals surface area contributed by atoms with Crippen molar-refractivity contribution < 1.29 is 13.9 Å². The number of hydrogen-bond acceptors (Lipinski definition) is 3. The number of ether oxygens (including phenoxy) is 2. The number of hydrogen-bond donors (Lipinski definition) is 0. The molecule has 1 heterocycles. The topological polar surface area (TPSA) is 27.7 Å². The molecule has 0 aromatic heterocycles. The molecule has 3 nitrogen and oxygen atoms in total. The number of terminal acetylenes is 1. The smallest absolute Gasteiger partial charge is 0.192 e. The van der Waals surface area contributed by atoms with Gasteiger partial charge in [0.15, 0.2) is 14.1 Å². The quantitative estimate of drug-likeness (QED) is 0.300. The first kappa shape index (κ1) is 25.3. The second-order valence-corrected chi connectivity index (χ2v) is 19.8. The summed E-state index contributed by atoms with van der Waals surface area (Å²) in [6.45, 7) is 21.2. The first-order chi connectivity index (χ1) is 15.6. The van der Waals surface area contributed by atoms with E-state index in [1.807, 2.05) is 0 Å². The Hall–Kier alpha value is -0.343. The fourth-order valence-electron chi connectivity index (χ4n) is 9.12. The summed E-state index contributed by atoms with van der Waals surface area (Å²) in [6, 6.07) is 0. The SMILES string of the molecule is C#C[C@H]1CCC2C3C(CC[C@@]21C)[C@@]1(C)CC[C@H](O[Si](C)(C)C(C)(C)C)CC1[C@H]1OC(C)(C)O[C@H]31. The van der Waals surface area contributed by atoms with E-state index in [2.05, 4.69) is 67.5 Å². The van der Waals surface area contributed by atoms with Gasteiger partial charge in [0.2, 0.25) is 0 Å². The normalized spacial score (nSPS) is 50.0. The fraction of sp³-hybridized carbons (Fsp3) is 0.933. The molecule has 4 heteroatoms. The van der Waals surface area contributed by atoms with Crippen LogP contribution in [-0.4, -0.2) is 32.4 Å². The summed E-state index contributed by atoms with van der Waals surface area (Å²) in [7, 11) is -1.80. The van der Waals surface area contributed by atoms with Crippen molar-refractivity contribution in [2.45, 2.75) is 136 Å². The average molecular weight is 487 g/mol. The van der Waals surface area contributed by atoms with Crippen LogP contribution in [0.3, 0.4) is 0 Å². The Balaban J connectivity index is 1.47. The van der Waals surface area contributed by atoms with Crippen molar-refractivity contribution in [2.24, 2.45) is 40.4 Å². The average Bonchev–Trinajstić information content (AvgIpc) is 3.22. The summed E-state index contributed by atoms with van der Waals surface area (Å²) in [5, 5.41) is 0.243. The van der Waals surface area contributed by atoms with Crippen LogP contribution in [-0.2, 0) is 13.9 Å². The summed E-state index contributed by atoms with van der Waals surface area (Å²) in [6.07, 6.45) is 15.4. The van der Waals surface area contributed by atoms with Crippen LogP contribution in [0.25, 0.3) is 0 Å². The zero-order valence-electron chi connectivity index (χ0n) is 23.4. The molecular weight excluding hydrogens is 436 g/mol. The van der Waals surface area contributed by atoms with E-state index in [-0.39, 0.29) is 22.7 Å². The van der Waals surface area contributed by atoms with Gasteiger partial charge in [-0.1, -0.05) is 34.6 Å². The molecule has 1 saturated heterocycles. The molecule has 0 N–H and O–H groups in total. The van der Waals surface area contributed by atoms with Crippen LogP contribution < -0.4 is 0 Å². The van der Waals surface area contributed by atoms with Gasteiger partial charge >= 0.3 is 0 Å². The molecule has 0 radical (unpaired) electrons. The summed E-state index contributed by atoms with van der Waals surface area (Å²) >= 11 is 0. The lowest BCUT2D eigenvalue weighted by Gasteiger charge is -2.63. The van der Waals surface area contributed by atoms with Gasteiger partial charge in [0.1, 0.15) is 0 Å². The van der Waals surface area contributed by atoms with Crippen molar-refractivity contribution in [3.05, 3.63) is 0 Å². The van der Waals surface area contributed by atoms with Crippen LogP contribution in [0.1, 0.15) is 93.4 Å². The number of fused-ring (bicyclic) bond motifs is 8. The lowest BCUT2D eigenvalue weighted by atomic mass is 9.43. The van der Waals surface area contributed by atoms with Gasteiger partial charge < -0.3 is 13.9 Å². The van der Waals surface area contributed by atoms with E-state index in [0.717, 1.165) is 6.42 Å². The monoisotopic (exact) mass is 486 g/mol. The van der Waals surface area contributed by atoms with E-state index in [1.165, 1.54) is 38.5 Å². The van der Waals surface area contributed by atoms with E-state index < -0.39 is 14.1 Å². The minimum absolute atomic E-state index is 0.180. The molecule has 192 valence electrons. The standard InChI is InChI=1S/C30H50O3Si/c1-11-19-12-13-21-24-22(15-17-29(19,21)7)30(8)16-14-20(33-34(9,10)27(2,3)4)18-23(30)25-26(24)32-28(5,6)31-25/h1,19-26H,12-18H2,2-10H3/t19-,20-,21?,22?,23?,24?,25+,26+,29+,30+/m0/s1. The van der Waals surface area contributed by atoms with Crippen LogP contribution in [0.15, 0.2) is 0 Å². The Bertz CT molecular complexity index is 852. The maximum absolute atomic E-state index is 7.01. The molecule has 1 aliphatic heterocycles. The van der Waals surface area contributed by atoms with Crippen molar-refractivity contribution in [2.75, 3.05) is 0 Å². The van der Waals surface area contributed by atoms with Gasteiger partial charge in [0.25, 0.3) is 0 Å². The first-order valence-electron chi connectivity index (χ1n) is 14.1. The molecule has 5 aliphatic rings. The van der Waals surface area contributed by atoms with E-state index >= 15 is 0 Å². The van der Waals surface area contributed by atoms with Crippen LogP contribution in [0, 0.1) is 52.8 Å². The summed E-state index contributed by atoms with van der Waals surface area (Å²) in [5.41, 5.74) is 0.570. The second-order valence-electron chi connectivity index (χ2n) is 15.1. The van der Waals surface area contributed by atoms with Crippen molar-refractivity contribution in [1.82, 2.24) is 0 Å². The zero-order chi connectivity index (χ0) is 24.9. The highest BCUT2D eigenvalue weighted by Gasteiger charge is 2.68. The number of rotatable bonds is 2. The van der Waals surface area contributed by atoms with Crippen molar-refractivity contribution >= 4 is 8.32 Å². The van der Waals surface area contributed by atoms with Crippen LogP contribution in [0.5, 0.6) is 0 Å². The van der Waals surface area contributed by atoms with Crippen LogP contribution in [0.2, 0.25) is 18.1 Å². The van der Waals surface area contributed by atoms with Gasteiger partial charge in [0, 0.05) is 12.0 Å². The predicted octanol–water partition coefficient (Wildman–Crippen LogP) is 7.41. The molecular formula is C30H50O3Si. The third kappa shape index (κ3) is 3.62. The highest BCUT2D eigenvalue weighted by molar-refractivity contribution is 6.74. The van der Waals surface area contributed by atoms with E-state index in [9.17, 15) is 0 Å². The summed E-state index contributed by atoms with van der Waals surface area (Å²) in [4.78, 5) is 0. The molecule has 0 amide bonds. The summed E-state index contributed by atoms with van der Waals surface area (Å²) < 4.78 is 20.6. The molecule has 0 aromatic carbocycles. The van der Waals surface area contributed by atoms with Crippen LogP contribution >= 0.6 is 0 Å². The van der Waals surface area contributed by atoms with E-state index in [1.54, 1.807) is 0 Å². The molecule has 4 unspecified atom stereocenters. The summed E-state index contributed by atoms with van der Waals surface area (Å²) in [5.74, 6) is 5.57. The van der Waals surface area contributed by atoms with Gasteiger partial charge in [-0.2, -0.15) is 0 Å². The molecule has 5 fully saturated rings. The maximum Gasteiger partial charge on any atom is 0.192 e. The molecule has 4 aliphatic carbocycles. The minimum Gasteiger partial charge on any atom is -0.414 e. The molecule has 4 saturated carbocycles. The Morgan fingerprint density at radius 2 is 1.47 bits per heavy atom. The fourth-order valence-corrected chi connectivity index (χ4v) is 10.5. The van der Waals surface area contributed by atoms with Crippen molar-refractivity contribution in [3.63, 3.8) is 0 Å². The highest BCUT2D eigenvalue weighted by Crippen LogP contribution is 2.69. The van der Waals surface area contributed by atoms with Crippen LogP contribution in [0.4, 0.5) is 0 Å². The second kappa shape index (κ2) is 7.83. The minimum atomic E-state index is -1.80. The first-order valence-corrected chi connectivity index (χ1v) is 17.0. The Kier molecular flexibility index (Phi) is 5.83. The van der Waals surface area contributed by atoms with Crippen molar-refractivity contribution in [3.8, 4) is 12.3 Å². The molecule has 34 heavy (non-hydrogen) atoms. The lowest BCUT2D eigenvalue weighted by molar-refractivity contribution is -0.186. The predicted molar refractivity (Wildman–Crippen MR) is 141 cm³/mol. The van der Waals surface area contributed by atoms with Gasteiger partial charge in [0.05, 0.1) is 12.2 Å². The Morgan fingerprint density at radius 1 is 0.853 bits per heavy atom. The van der Waals surface area contributed by atoms with Gasteiger partial charge in [-0.05, 0) is 111 Å². The third-order valence-electron chi connectivity index (χ3n) is 12.0. The lowest BCUT2D eigenvalue weighted by Crippen LogP contribution is -2.63. The largest absolute Gasteiger partial charge is 0.414 e. The van der Waals surface area contributed by atoms with E-state index in [4.69, 9.17) is 20.3 Å². The highest BCUT2D eigenvalue weighted by atomic mass is 28.4. The zero-order valence-corrected chi connectivity index (χ0v) is 24.4. The molecule has 0 spiro atoms. The van der Waals surface area contributed by atoms with Gasteiger partial charge in [-0.25, -0.2) is 0 Å². The van der Waals surface area contributed by atoms with Crippen molar-refractivity contribution in [1.29, 1.82) is 0 Å². The molecule has 0 aromatic rings. The maximum atomic E-state index is 7.01. The van der Waals surface area contributed by atoms with Gasteiger partial charge in [-0.3, -0.25) is 0 Å². The Labute approximate surface area is 210 Å². The van der Waals surface area contributed by atoms with E-state index in [0.29, 0.717) is 41.1 Å².